The first-order valence-electron chi connectivity index (χ1n) is 5.96. The number of rotatable bonds is 2. The molecule has 1 saturated heterocycles. The number of pyridine rings is 1. The van der Waals surface area contributed by atoms with E-state index >= 15 is 0 Å². The molecule has 6 heteroatoms. The van der Waals surface area contributed by atoms with E-state index in [0.717, 1.165) is 37.7 Å². The van der Waals surface area contributed by atoms with Gasteiger partial charge in [-0.25, -0.2) is 4.39 Å². The quantitative estimate of drug-likeness (QED) is 0.832. The van der Waals surface area contributed by atoms with Crippen molar-refractivity contribution in [3.63, 3.8) is 0 Å². The van der Waals surface area contributed by atoms with Gasteiger partial charge in [-0.2, -0.15) is 5.10 Å². The Morgan fingerprint density at radius 2 is 2.06 bits per heavy atom. The summed E-state index contributed by atoms with van der Waals surface area (Å²) in [4.78, 5) is 6.24. The van der Waals surface area contributed by atoms with Gasteiger partial charge < -0.3 is 10.2 Å². The van der Waals surface area contributed by atoms with Crippen molar-refractivity contribution in [1.82, 2.24) is 20.5 Å². The lowest BCUT2D eigenvalue weighted by atomic mass is 10.2. The number of nitrogens with one attached hydrogen (secondary N) is 2. The highest BCUT2D eigenvalue weighted by Crippen LogP contribution is 2.20. The van der Waals surface area contributed by atoms with E-state index in [1.807, 2.05) is 6.07 Å². The van der Waals surface area contributed by atoms with Crippen LogP contribution in [0.3, 0.4) is 0 Å². The fourth-order valence-corrected chi connectivity index (χ4v) is 2.03. The van der Waals surface area contributed by atoms with Gasteiger partial charge in [0.15, 0.2) is 5.82 Å². The Kier molecular flexibility index (Phi) is 2.93. The average molecular weight is 247 g/mol. The number of aromatic amines is 1. The Labute approximate surface area is 104 Å². The fourth-order valence-electron chi connectivity index (χ4n) is 2.03. The fraction of sp³-hybridized carbons (Fsp3) is 0.333. The van der Waals surface area contributed by atoms with Crippen LogP contribution in [-0.4, -0.2) is 41.4 Å². The predicted octanol–water partition coefficient (Wildman–Crippen LogP) is 1.02. The number of anilines is 1. The molecule has 2 N–H and O–H groups in total. The summed E-state index contributed by atoms with van der Waals surface area (Å²) in [6, 6.07) is 4.99. The van der Waals surface area contributed by atoms with Crippen LogP contribution in [0.15, 0.2) is 24.4 Å². The minimum absolute atomic E-state index is 0.333. The third-order valence-electron chi connectivity index (χ3n) is 3.01. The first-order valence-corrected chi connectivity index (χ1v) is 5.96. The largest absolute Gasteiger partial charge is 0.353 e. The van der Waals surface area contributed by atoms with Crippen LogP contribution in [-0.2, 0) is 0 Å². The van der Waals surface area contributed by atoms with Gasteiger partial charge in [-0.15, -0.1) is 0 Å². The topological polar surface area (TPSA) is 56.8 Å². The molecule has 2 aromatic rings. The lowest BCUT2D eigenvalue weighted by molar-refractivity contribution is 0.584. The number of piperazine rings is 1. The second-order valence-electron chi connectivity index (χ2n) is 4.24. The molecule has 1 fully saturated rings. The van der Waals surface area contributed by atoms with Crippen LogP contribution < -0.4 is 10.2 Å². The van der Waals surface area contributed by atoms with Crippen molar-refractivity contribution < 1.29 is 4.39 Å². The Hall–Kier alpha value is -1.95. The normalized spacial score (nSPS) is 15.9. The van der Waals surface area contributed by atoms with Crippen molar-refractivity contribution in [2.45, 2.75) is 0 Å². The molecule has 0 amide bonds. The number of nitrogens with zero attached hydrogens (tertiary/aromatic N) is 3. The summed E-state index contributed by atoms with van der Waals surface area (Å²) < 4.78 is 12.8. The van der Waals surface area contributed by atoms with E-state index in [1.165, 1.54) is 12.3 Å². The zero-order chi connectivity index (χ0) is 12.4. The SMILES string of the molecule is Fc1ccc(-c2cc(N3CCNCC3)n[nH]2)nc1. The molecule has 0 spiro atoms. The molecule has 0 aliphatic carbocycles. The van der Waals surface area contributed by atoms with E-state index in [-0.39, 0.29) is 5.82 Å². The predicted molar refractivity (Wildman–Crippen MR) is 66.9 cm³/mol. The van der Waals surface area contributed by atoms with Crippen molar-refractivity contribution >= 4 is 5.82 Å². The van der Waals surface area contributed by atoms with Gasteiger partial charge in [0, 0.05) is 32.2 Å². The van der Waals surface area contributed by atoms with Gasteiger partial charge in [0.25, 0.3) is 0 Å². The Morgan fingerprint density at radius 1 is 1.22 bits per heavy atom. The third kappa shape index (κ3) is 2.19. The van der Waals surface area contributed by atoms with Crippen molar-refractivity contribution in [2.24, 2.45) is 0 Å². The summed E-state index contributed by atoms with van der Waals surface area (Å²) in [5.41, 5.74) is 1.51. The number of aromatic nitrogens is 3. The highest BCUT2D eigenvalue weighted by atomic mass is 19.1. The van der Waals surface area contributed by atoms with Crippen LogP contribution in [0.25, 0.3) is 11.4 Å². The molecule has 0 aromatic carbocycles. The van der Waals surface area contributed by atoms with E-state index < -0.39 is 0 Å². The molecule has 0 unspecified atom stereocenters. The van der Waals surface area contributed by atoms with E-state index in [9.17, 15) is 4.39 Å². The highest BCUT2D eigenvalue weighted by Gasteiger charge is 2.14. The maximum atomic E-state index is 12.8. The zero-order valence-corrected chi connectivity index (χ0v) is 9.86. The molecule has 3 rings (SSSR count). The minimum atomic E-state index is -0.333. The molecular weight excluding hydrogens is 233 g/mol. The molecule has 2 aromatic heterocycles. The summed E-state index contributed by atoms with van der Waals surface area (Å²) in [6.45, 7) is 3.83. The maximum Gasteiger partial charge on any atom is 0.151 e. The van der Waals surface area contributed by atoms with Crippen LogP contribution in [0.2, 0.25) is 0 Å². The average Bonchev–Trinajstić information content (AvgIpc) is 2.90. The summed E-state index contributed by atoms with van der Waals surface area (Å²) in [6.07, 6.45) is 1.21. The zero-order valence-electron chi connectivity index (χ0n) is 9.86. The molecular formula is C12H14FN5. The number of H-pyrrole nitrogens is 1. The van der Waals surface area contributed by atoms with E-state index in [0.29, 0.717) is 5.69 Å². The number of hydrogen-bond donors (Lipinski definition) is 2. The van der Waals surface area contributed by atoms with Gasteiger partial charge >= 0.3 is 0 Å². The van der Waals surface area contributed by atoms with E-state index in [1.54, 1.807) is 6.07 Å². The van der Waals surface area contributed by atoms with Crippen molar-refractivity contribution in [2.75, 3.05) is 31.1 Å². The first-order chi connectivity index (χ1) is 8.83. The Bertz CT molecular complexity index is 516. The van der Waals surface area contributed by atoms with Gasteiger partial charge in [0.1, 0.15) is 5.82 Å². The van der Waals surface area contributed by atoms with Crippen LogP contribution in [0.4, 0.5) is 10.2 Å². The van der Waals surface area contributed by atoms with Crippen LogP contribution in [0.5, 0.6) is 0 Å². The lowest BCUT2D eigenvalue weighted by Gasteiger charge is -2.26. The third-order valence-corrected chi connectivity index (χ3v) is 3.01. The highest BCUT2D eigenvalue weighted by molar-refractivity contribution is 5.59. The van der Waals surface area contributed by atoms with Crippen LogP contribution in [0.1, 0.15) is 0 Å². The number of hydrogen-bond acceptors (Lipinski definition) is 4. The Balaban J connectivity index is 1.82. The number of halogens is 1. The van der Waals surface area contributed by atoms with Gasteiger partial charge in [-0.1, -0.05) is 0 Å². The van der Waals surface area contributed by atoms with Gasteiger partial charge in [0.2, 0.25) is 0 Å². The summed E-state index contributed by atoms with van der Waals surface area (Å²) >= 11 is 0. The van der Waals surface area contributed by atoms with E-state index in [2.05, 4.69) is 25.4 Å². The molecule has 18 heavy (non-hydrogen) atoms. The Morgan fingerprint density at radius 3 is 2.78 bits per heavy atom. The molecule has 0 saturated carbocycles. The smallest absolute Gasteiger partial charge is 0.151 e. The second kappa shape index (κ2) is 4.73. The molecule has 0 atom stereocenters. The summed E-state index contributed by atoms with van der Waals surface area (Å²) in [5.74, 6) is 0.582. The maximum absolute atomic E-state index is 12.8. The molecule has 0 radical (unpaired) electrons. The lowest BCUT2D eigenvalue weighted by Crippen LogP contribution is -2.43. The molecule has 0 bridgehead atoms. The molecule has 5 nitrogen and oxygen atoms in total. The first kappa shape index (κ1) is 11.2. The second-order valence-corrected chi connectivity index (χ2v) is 4.24. The minimum Gasteiger partial charge on any atom is -0.353 e. The van der Waals surface area contributed by atoms with Crippen molar-refractivity contribution in [3.8, 4) is 11.4 Å². The summed E-state index contributed by atoms with van der Waals surface area (Å²) in [7, 11) is 0. The monoisotopic (exact) mass is 247 g/mol. The van der Waals surface area contributed by atoms with Crippen molar-refractivity contribution in [3.05, 3.63) is 30.2 Å². The van der Waals surface area contributed by atoms with Gasteiger partial charge in [-0.05, 0) is 12.1 Å². The molecule has 1 aliphatic heterocycles. The standard InChI is InChI=1S/C12H14FN5/c13-9-1-2-10(15-8-9)11-7-12(17-16-11)18-5-3-14-4-6-18/h1-2,7-8,14H,3-6H2,(H,16,17). The van der Waals surface area contributed by atoms with Crippen LogP contribution in [0, 0.1) is 5.82 Å². The molecule has 3 heterocycles. The van der Waals surface area contributed by atoms with Crippen molar-refractivity contribution in [1.29, 1.82) is 0 Å². The molecule has 1 aliphatic rings. The van der Waals surface area contributed by atoms with Gasteiger partial charge in [0.05, 0.1) is 17.6 Å². The van der Waals surface area contributed by atoms with Gasteiger partial charge in [-0.3, -0.25) is 10.1 Å². The molecule has 94 valence electrons. The summed E-state index contributed by atoms with van der Waals surface area (Å²) in [5, 5.41) is 10.5. The van der Waals surface area contributed by atoms with E-state index in [4.69, 9.17) is 0 Å². The van der Waals surface area contributed by atoms with Crippen LogP contribution >= 0.6 is 0 Å².